The number of para-hydroxylation sites is 1. The molecule has 1 aromatic heterocycles. The molecule has 6 heteroatoms. The molecule has 0 N–H and O–H groups in total. The van der Waals surface area contributed by atoms with E-state index >= 15 is 0 Å². The minimum absolute atomic E-state index is 0.737. The molecule has 0 saturated carbocycles. The second-order valence-corrected chi connectivity index (χ2v) is 8.57. The predicted molar refractivity (Wildman–Crippen MR) is 131 cm³/mol. The molecule has 1 heterocycles. The van der Waals surface area contributed by atoms with Crippen molar-refractivity contribution in [3.05, 3.63) is 83.7 Å². The van der Waals surface area contributed by atoms with Gasteiger partial charge in [0.2, 0.25) is 0 Å². The second-order valence-electron chi connectivity index (χ2n) is 6.85. The van der Waals surface area contributed by atoms with E-state index < -0.39 is 0 Å². The smallest absolute Gasteiger partial charge is 0.190 e. The summed E-state index contributed by atoms with van der Waals surface area (Å²) < 4.78 is 11.0. The Morgan fingerprint density at radius 1 is 0.935 bits per heavy atom. The second kappa shape index (κ2) is 9.90. The van der Waals surface area contributed by atoms with Gasteiger partial charge in [-0.15, -0.1) is 23.1 Å². The van der Waals surface area contributed by atoms with Crippen molar-refractivity contribution in [2.45, 2.75) is 11.4 Å². The molecule has 0 aliphatic heterocycles. The Labute approximate surface area is 191 Å². The lowest BCUT2D eigenvalue weighted by molar-refractivity contribution is 0.404. The van der Waals surface area contributed by atoms with Gasteiger partial charge >= 0.3 is 0 Å². The molecule has 0 bridgehead atoms. The molecule has 0 aliphatic carbocycles. The molecule has 0 atom stereocenters. The van der Waals surface area contributed by atoms with Crippen molar-refractivity contribution in [2.24, 2.45) is 0 Å². The van der Waals surface area contributed by atoms with Crippen molar-refractivity contribution in [1.29, 1.82) is 0 Å². The van der Waals surface area contributed by atoms with Gasteiger partial charge in [0, 0.05) is 21.5 Å². The van der Waals surface area contributed by atoms with Crippen LogP contribution in [0.5, 0.6) is 11.5 Å². The highest BCUT2D eigenvalue weighted by atomic mass is 32.2. The Hall–Kier alpha value is -2.96. The molecule has 4 rings (SSSR count). The maximum atomic E-state index is 5.56. The monoisotopic (exact) mass is 448 g/mol. The first kappa shape index (κ1) is 21.3. The molecule has 4 nitrogen and oxygen atoms in total. The molecule has 4 aromatic rings. The van der Waals surface area contributed by atoms with Crippen LogP contribution >= 0.6 is 23.1 Å². The van der Waals surface area contributed by atoms with Crippen molar-refractivity contribution in [3.8, 4) is 22.8 Å². The number of hydrogen-bond donors (Lipinski definition) is 0. The van der Waals surface area contributed by atoms with Crippen molar-refractivity contribution in [3.63, 3.8) is 0 Å². The van der Waals surface area contributed by atoms with Crippen LogP contribution in [-0.4, -0.2) is 25.5 Å². The van der Waals surface area contributed by atoms with E-state index in [1.165, 1.54) is 10.5 Å². The topological polar surface area (TPSA) is 34.6 Å². The van der Waals surface area contributed by atoms with Crippen LogP contribution in [0.25, 0.3) is 11.3 Å². The summed E-state index contributed by atoms with van der Waals surface area (Å²) in [6.45, 7) is 0.737. The third-order valence-electron chi connectivity index (χ3n) is 4.97. The molecule has 31 heavy (non-hydrogen) atoms. The number of aromatic nitrogens is 1. The number of hydrogen-bond acceptors (Lipinski definition) is 6. The Bertz CT molecular complexity index is 1130. The molecule has 0 unspecified atom stereocenters. The predicted octanol–water partition coefficient (Wildman–Crippen LogP) is 6.89. The molecular formula is C25H24N2O2S2. The average Bonchev–Trinajstić information content (AvgIpc) is 3.33. The Balaban J connectivity index is 1.71. The molecular weight excluding hydrogens is 424 g/mol. The van der Waals surface area contributed by atoms with Gasteiger partial charge < -0.3 is 14.4 Å². The van der Waals surface area contributed by atoms with Crippen LogP contribution in [0.1, 0.15) is 5.56 Å². The van der Waals surface area contributed by atoms with Crippen LogP contribution in [0, 0.1) is 0 Å². The molecule has 0 aliphatic rings. The largest absolute Gasteiger partial charge is 0.497 e. The molecule has 0 saturated heterocycles. The van der Waals surface area contributed by atoms with Crippen LogP contribution in [0.2, 0.25) is 0 Å². The van der Waals surface area contributed by atoms with Crippen LogP contribution in [-0.2, 0) is 6.54 Å². The Morgan fingerprint density at radius 2 is 1.71 bits per heavy atom. The fourth-order valence-corrected chi connectivity index (χ4v) is 4.57. The molecule has 3 aromatic carbocycles. The number of nitrogens with zero attached hydrogens (tertiary/aromatic N) is 2. The van der Waals surface area contributed by atoms with Crippen molar-refractivity contribution < 1.29 is 9.47 Å². The summed E-state index contributed by atoms with van der Waals surface area (Å²) in [5.74, 6) is 1.55. The number of methoxy groups -OCH3 is 2. The molecule has 0 spiro atoms. The normalized spacial score (nSPS) is 10.7. The van der Waals surface area contributed by atoms with Gasteiger partial charge in [-0.05, 0) is 54.3 Å². The highest BCUT2D eigenvalue weighted by molar-refractivity contribution is 7.98. The van der Waals surface area contributed by atoms with Gasteiger partial charge in [0.1, 0.15) is 11.5 Å². The molecule has 0 fully saturated rings. The minimum Gasteiger partial charge on any atom is -0.497 e. The highest BCUT2D eigenvalue weighted by Crippen LogP contribution is 2.38. The number of thiazole rings is 1. The first-order chi connectivity index (χ1) is 15.2. The lowest BCUT2D eigenvalue weighted by Gasteiger charge is -2.22. The van der Waals surface area contributed by atoms with E-state index in [1.54, 1.807) is 37.3 Å². The molecule has 0 radical (unpaired) electrons. The van der Waals surface area contributed by atoms with E-state index in [1.807, 2.05) is 24.3 Å². The molecule has 158 valence electrons. The number of ether oxygens (including phenoxy) is 2. The van der Waals surface area contributed by atoms with Crippen LogP contribution in [0.4, 0.5) is 10.8 Å². The van der Waals surface area contributed by atoms with E-state index in [-0.39, 0.29) is 0 Å². The van der Waals surface area contributed by atoms with Crippen molar-refractivity contribution >= 4 is 33.9 Å². The Kier molecular flexibility index (Phi) is 6.79. The fourth-order valence-electron chi connectivity index (χ4n) is 3.32. The van der Waals surface area contributed by atoms with Crippen molar-refractivity contribution in [1.82, 2.24) is 4.98 Å². The number of benzene rings is 3. The quantitative estimate of drug-likeness (QED) is 0.274. The van der Waals surface area contributed by atoms with Gasteiger partial charge in [-0.2, -0.15) is 0 Å². The highest BCUT2D eigenvalue weighted by Gasteiger charge is 2.17. The standard InChI is InChI=1S/C25H24N2O2S2/c1-28-20-11-14-24(29-2)22(15-20)23-17-31-25(26-23)27(19-7-5-4-6-8-19)16-18-9-12-21(30-3)13-10-18/h4-15,17H,16H2,1-3H3. The van der Waals surface area contributed by atoms with E-state index in [2.05, 4.69) is 65.1 Å². The Morgan fingerprint density at radius 3 is 2.39 bits per heavy atom. The van der Waals surface area contributed by atoms with Gasteiger partial charge in [0.25, 0.3) is 0 Å². The van der Waals surface area contributed by atoms with Gasteiger partial charge in [0.05, 0.1) is 26.5 Å². The first-order valence-electron chi connectivity index (χ1n) is 9.85. The van der Waals surface area contributed by atoms with Crippen LogP contribution < -0.4 is 14.4 Å². The van der Waals surface area contributed by atoms with Gasteiger partial charge in [-0.3, -0.25) is 0 Å². The van der Waals surface area contributed by atoms with E-state index in [0.29, 0.717) is 0 Å². The lowest BCUT2D eigenvalue weighted by atomic mass is 10.1. The van der Waals surface area contributed by atoms with Gasteiger partial charge in [-0.25, -0.2) is 4.98 Å². The summed E-state index contributed by atoms with van der Waals surface area (Å²) in [5, 5.41) is 3.00. The maximum Gasteiger partial charge on any atom is 0.190 e. The third kappa shape index (κ3) is 4.86. The number of rotatable bonds is 8. The van der Waals surface area contributed by atoms with Gasteiger partial charge in [0.15, 0.2) is 5.13 Å². The zero-order valence-corrected chi connectivity index (χ0v) is 19.4. The number of thioether (sulfide) groups is 1. The average molecular weight is 449 g/mol. The summed E-state index contributed by atoms with van der Waals surface area (Å²) in [4.78, 5) is 8.48. The number of anilines is 2. The van der Waals surface area contributed by atoms with E-state index in [0.717, 1.165) is 40.1 Å². The molecule has 0 amide bonds. The summed E-state index contributed by atoms with van der Waals surface area (Å²) in [6, 6.07) is 24.8. The summed E-state index contributed by atoms with van der Waals surface area (Å²) in [7, 11) is 3.34. The maximum absolute atomic E-state index is 5.56. The minimum atomic E-state index is 0.737. The SMILES string of the molecule is COc1ccc(OC)c(-c2csc(N(Cc3ccc(SC)cc3)c3ccccc3)n2)c1. The van der Waals surface area contributed by atoms with Crippen molar-refractivity contribution in [2.75, 3.05) is 25.4 Å². The summed E-state index contributed by atoms with van der Waals surface area (Å²) >= 11 is 3.37. The van der Waals surface area contributed by atoms with E-state index in [4.69, 9.17) is 14.5 Å². The van der Waals surface area contributed by atoms with Crippen LogP contribution in [0.15, 0.2) is 83.1 Å². The van der Waals surface area contributed by atoms with Gasteiger partial charge in [-0.1, -0.05) is 30.3 Å². The summed E-state index contributed by atoms with van der Waals surface area (Å²) in [6.07, 6.45) is 2.09. The lowest BCUT2D eigenvalue weighted by Crippen LogP contribution is -2.16. The third-order valence-corrected chi connectivity index (χ3v) is 6.58. The first-order valence-corrected chi connectivity index (χ1v) is 12.0. The zero-order chi connectivity index (χ0) is 21.6. The zero-order valence-electron chi connectivity index (χ0n) is 17.7. The van der Waals surface area contributed by atoms with Crippen LogP contribution in [0.3, 0.4) is 0 Å². The fraction of sp³-hybridized carbons (Fsp3) is 0.160. The van der Waals surface area contributed by atoms with E-state index in [9.17, 15) is 0 Å². The summed E-state index contributed by atoms with van der Waals surface area (Å²) in [5.41, 5.74) is 4.13.